The number of ether oxygens (including phenoxy) is 1. The minimum absolute atomic E-state index is 0.0520. The van der Waals surface area contributed by atoms with Crippen LogP contribution in [0.5, 0.6) is 0 Å². The van der Waals surface area contributed by atoms with Crippen molar-refractivity contribution in [2.75, 3.05) is 20.2 Å². The van der Waals surface area contributed by atoms with Crippen molar-refractivity contribution in [2.45, 2.75) is 18.2 Å². The van der Waals surface area contributed by atoms with Crippen LogP contribution in [-0.4, -0.2) is 43.5 Å². The fourth-order valence-corrected chi connectivity index (χ4v) is 3.05. The molecule has 18 heavy (non-hydrogen) atoms. The van der Waals surface area contributed by atoms with Crippen molar-refractivity contribution in [3.8, 4) is 0 Å². The van der Waals surface area contributed by atoms with Crippen molar-refractivity contribution >= 4 is 16.0 Å². The molecule has 102 valence electrons. The molecule has 1 aromatic rings. The summed E-state index contributed by atoms with van der Waals surface area (Å²) in [5, 5.41) is 0. The summed E-state index contributed by atoms with van der Waals surface area (Å²) in [7, 11) is -0.494. The van der Waals surface area contributed by atoms with Crippen LogP contribution in [0.15, 0.2) is 23.4 Å². The molecule has 0 unspecified atom stereocenters. The van der Waals surface area contributed by atoms with Crippen LogP contribution in [0.1, 0.15) is 13.3 Å². The lowest BCUT2D eigenvalue weighted by molar-refractivity contribution is -0.140. The molecule has 0 atom stereocenters. The van der Waals surface area contributed by atoms with E-state index in [9.17, 15) is 13.2 Å². The Balaban J connectivity index is 2.84. The number of carbonyl (C=O) groups excluding carboxylic acids is 1. The number of aromatic nitrogens is 1. The van der Waals surface area contributed by atoms with Crippen LogP contribution in [0.3, 0.4) is 0 Å². The topological polar surface area (TPSA) is 68.6 Å². The Kier molecular flexibility index (Phi) is 4.92. The second-order valence-electron chi connectivity index (χ2n) is 3.84. The Bertz CT molecular complexity index is 507. The molecule has 6 nitrogen and oxygen atoms in total. The summed E-state index contributed by atoms with van der Waals surface area (Å²) in [6.45, 7) is 2.17. The highest BCUT2D eigenvalue weighted by atomic mass is 32.2. The van der Waals surface area contributed by atoms with E-state index in [0.29, 0.717) is 6.54 Å². The zero-order chi connectivity index (χ0) is 13.8. The van der Waals surface area contributed by atoms with E-state index in [0.717, 1.165) is 0 Å². The van der Waals surface area contributed by atoms with E-state index < -0.39 is 16.0 Å². The maximum atomic E-state index is 12.2. The van der Waals surface area contributed by atoms with E-state index in [1.165, 1.54) is 23.7 Å². The van der Waals surface area contributed by atoms with Gasteiger partial charge in [-0.25, -0.2) is 8.42 Å². The van der Waals surface area contributed by atoms with Crippen LogP contribution in [-0.2, 0) is 26.6 Å². The van der Waals surface area contributed by atoms with Crippen molar-refractivity contribution in [2.24, 2.45) is 7.05 Å². The minimum Gasteiger partial charge on any atom is -0.469 e. The smallest absolute Gasteiger partial charge is 0.306 e. The summed E-state index contributed by atoms with van der Waals surface area (Å²) >= 11 is 0. The maximum absolute atomic E-state index is 12.2. The van der Waals surface area contributed by atoms with Gasteiger partial charge in [-0.1, -0.05) is 6.92 Å². The number of nitrogens with zero attached hydrogens (tertiary/aromatic N) is 2. The average Bonchev–Trinajstić information content (AvgIpc) is 2.76. The first-order valence-electron chi connectivity index (χ1n) is 5.60. The highest BCUT2D eigenvalue weighted by Gasteiger charge is 2.24. The highest BCUT2D eigenvalue weighted by Crippen LogP contribution is 2.15. The third kappa shape index (κ3) is 3.33. The Morgan fingerprint density at radius 3 is 2.61 bits per heavy atom. The number of aryl methyl sites for hydroxylation is 1. The fraction of sp³-hybridized carbons (Fsp3) is 0.545. The number of sulfonamides is 1. The molecule has 0 aromatic carbocycles. The normalized spacial score (nSPS) is 11.8. The standard InChI is InChI=1S/C11H18N2O4S/c1-4-13(8-6-11(14)17-3)18(15,16)10-5-7-12(2)9-10/h5,7,9H,4,6,8H2,1-3H3. The van der Waals surface area contributed by atoms with E-state index in [-0.39, 0.29) is 17.9 Å². The number of carbonyl (C=O) groups is 1. The van der Waals surface area contributed by atoms with E-state index in [2.05, 4.69) is 4.74 Å². The first-order valence-corrected chi connectivity index (χ1v) is 7.04. The predicted octanol–water partition coefficient (Wildman–Crippen LogP) is 0.599. The number of methoxy groups -OCH3 is 1. The second kappa shape index (κ2) is 6.01. The minimum atomic E-state index is -3.53. The Morgan fingerprint density at radius 1 is 1.50 bits per heavy atom. The van der Waals surface area contributed by atoms with E-state index in [1.807, 2.05) is 0 Å². The number of hydrogen-bond donors (Lipinski definition) is 0. The second-order valence-corrected chi connectivity index (χ2v) is 5.77. The van der Waals surface area contributed by atoms with Crippen molar-refractivity contribution in [3.63, 3.8) is 0 Å². The Morgan fingerprint density at radius 2 is 2.17 bits per heavy atom. The van der Waals surface area contributed by atoms with Crippen LogP contribution < -0.4 is 0 Å². The molecule has 7 heteroatoms. The highest BCUT2D eigenvalue weighted by molar-refractivity contribution is 7.89. The SMILES string of the molecule is CCN(CCC(=O)OC)S(=O)(=O)c1ccn(C)c1. The largest absolute Gasteiger partial charge is 0.469 e. The molecule has 0 saturated heterocycles. The monoisotopic (exact) mass is 274 g/mol. The van der Waals surface area contributed by atoms with Crippen molar-refractivity contribution in [1.29, 1.82) is 0 Å². The van der Waals surface area contributed by atoms with Gasteiger partial charge in [0.1, 0.15) is 0 Å². The van der Waals surface area contributed by atoms with E-state index in [4.69, 9.17) is 0 Å². The van der Waals surface area contributed by atoms with Crippen molar-refractivity contribution < 1.29 is 17.9 Å². The summed E-state index contributed by atoms with van der Waals surface area (Å²) in [4.78, 5) is 11.3. The summed E-state index contributed by atoms with van der Waals surface area (Å²) < 4.78 is 31.9. The molecule has 0 bridgehead atoms. The van der Waals surface area contributed by atoms with E-state index in [1.54, 1.807) is 24.7 Å². The number of rotatable bonds is 6. The van der Waals surface area contributed by atoms with Gasteiger partial charge in [-0.05, 0) is 6.07 Å². The molecule has 1 aromatic heterocycles. The average molecular weight is 274 g/mol. The van der Waals surface area contributed by atoms with Gasteiger partial charge in [-0.15, -0.1) is 0 Å². The van der Waals surface area contributed by atoms with Gasteiger partial charge in [0, 0.05) is 32.5 Å². The third-order valence-electron chi connectivity index (χ3n) is 2.59. The van der Waals surface area contributed by atoms with Gasteiger partial charge in [-0.3, -0.25) is 4.79 Å². The van der Waals surface area contributed by atoms with Gasteiger partial charge in [0.05, 0.1) is 18.4 Å². The molecule has 0 aliphatic heterocycles. The quantitative estimate of drug-likeness (QED) is 0.712. The van der Waals surface area contributed by atoms with Crippen molar-refractivity contribution in [3.05, 3.63) is 18.5 Å². The number of esters is 1. The molecule has 0 saturated carbocycles. The zero-order valence-corrected chi connectivity index (χ0v) is 11.6. The molecule has 1 heterocycles. The molecule has 0 spiro atoms. The molecular weight excluding hydrogens is 256 g/mol. The first kappa shape index (κ1) is 14.7. The fourth-order valence-electron chi connectivity index (χ4n) is 1.55. The molecule has 0 radical (unpaired) electrons. The van der Waals surface area contributed by atoms with Crippen molar-refractivity contribution in [1.82, 2.24) is 8.87 Å². The third-order valence-corrected chi connectivity index (χ3v) is 4.55. The maximum Gasteiger partial charge on any atom is 0.306 e. The van der Waals surface area contributed by atoms with Gasteiger partial charge in [0.25, 0.3) is 0 Å². The summed E-state index contributed by atoms with van der Waals surface area (Å²) in [6, 6.07) is 1.54. The Hall–Kier alpha value is -1.34. The van der Waals surface area contributed by atoms with Gasteiger partial charge >= 0.3 is 5.97 Å². The summed E-state index contributed by atoms with van der Waals surface area (Å²) in [5.74, 6) is -0.420. The van der Waals surface area contributed by atoms with Crippen LogP contribution in [0.25, 0.3) is 0 Å². The lowest BCUT2D eigenvalue weighted by Crippen LogP contribution is -2.32. The molecule has 0 aliphatic carbocycles. The van der Waals surface area contributed by atoms with Gasteiger partial charge < -0.3 is 9.30 Å². The van der Waals surface area contributed by atoms with Gasteiger partial charge in [0.15, 0.2) is 0 Å². The number of hydrogen-bond acceptors (Lipinski definition) is 4. The molecule has 0 N–H and O–H groups in total. The lowest BCUT2D eigenvalue weighted by Gasteiger charge is -2.18. The molecule has 0 aliphatic rings. The summed E-state index contributed by atoms with van der Waals surface area (Å²) in [6.07, 6.45) is 3.26. The molecular formula is C11H18N2O4S. The van der Waals surface area contributed by atoms with Crippen LogP contribution in [0, 0.1) is 0 Å². The molecule has 0 amide bonds. The Labute approximate surface area is 107 Å². The zero-order valence-electron chi connectivity index (χ0n) is 10.8. The predicted molar refractivity (Wildman–Crippen MR) is 66.5 cm³/mol. The first-order chi connectivity index (χ1) is 8.41. The van der Waals surface area contributed by atoms with E-state index >= 15 is 0 Å². The lowest BCUT2D eigenvalue weighted by atomic mass is 10.4. The molecule has 0 fully saturated rings. The summed E-state index contributed by atoms with van der Waals surface area (Å²) in [5.41, 5.74) is 0. The molecule has 1 rings (SSSR count). The van der Waals surface area contributed by atoms with Crippen LogP contribution in [0.2, 0.25) is 0 Å². The van der Waals surface area contributed by atoms with Gasteiger partial charge in [0.2, 0.25) is 10.0 Å². The van der Waals surface area contributed by atoms with Gasteiger partial charge in [-0.2, -0.15) is 4.31 Å². The van der Waals surface area contributed by atoms with Crippen LogP contribution in [0.4, 0.5) is 0 Å². The van der Waals surface area contributed by atoms with Crippen LogP contribution >= 0.6 is 0 Å².